The number of carbonyl (C=O) groups is 1. The number of aromatic hydroxyl groups is 1. The predicted molar refractivity (Wildman–Crippen MR) is 84.4 cm³/mol. The van der Waals surface area contributed by atoms with E-state index < -0.39 is 0 Å². The summed E-state index contributed by atoms with van der Waals surface area (Å²) < 4.78 is 0. The Morgan fingerprint density at radius 2 is 1.62 bits per heavy atom. The molecule has 3 aromatic carbocycles. The third kappa shape index (κ3) is 1.69. The van der Waals surface area contributed by atoms with E-state index in [-0.39, 0.29) is 11.5 Å². The van der Waals surface area contributed by atoms with Gasteiger partial charge in [-0.1, -0.05) is 48.5 Å². The van der Waals surface area contributed by atoms with E-state index in [1.54, 1.807) is 12.1 Å². The van der Waals surface area contributed by atoms with E-state index in [0.717, 1.165) is 27.5 Å². The van der Waals surface area contributed by atoms with Gasteiger partial charge in [0.2, 0.25) is 0 Å². The van der Waals surface area contributed by atoms with E-state index in [9.17, 15) is 9.90 Å². The topological polar surface area (TPSA) is 37.3 Å². The minimum Gasteiger partial charge on any atom is -0.507 e. The van der Waals surface area contributed by atoms with Gasteiger partial charge in [0.25, 0.3) is 0 Å². The van der Waals surface area contributed by atoms with E-state index in [1.807, 2.05) is 54.6 Å². The molecule has 3 aromatic rings. The molecule has 0 aliphatic heterocycles. The van der Waals surface area contributed by atoms with Crippen LogP contribution in [-0.4, -0.2) is 10.9 Å². The lowest BCUT2D eigenvalue weighted by molar-refractivity contribution is 0.104. The number of carbonyl (C=O) groups excluding carboxylic acids is 1. The van der Waals surface area contributed by atoms with E-state index in [4.69, 9.17) is 0 Å². The maximum atomic E-state index is 12.4. The van der Waals surface area contributed by atoms with Crippen LogP contribution in [0.25, 0.3) is 28.0 Å². The van der Waals surface area contributed by atoms with Crippen molar-refractivity contribution >= 4 is 22.6 Å². The molecule has 0 radical (unpaired) electrons. The fourth-order valence-electron chi connectivity index (χ4n) is 2.96. The van der Waals surface area contributed by atoms with Crippen molar-refractivity contribution in [2.24, 2.45) is 0 Å². The van der Waals surface area contributed by atoms with Crippen LogP contribution < -0.4 is 0 Å². The highest BCUT2D eigenvalue weighted by Crippen LogP contribution is 2.38. The fraction of sp³-hybridized carbons (Fsp3) is 0. The maximum Gasteiger partial charge on any atom is 0.187 e. The number of hydrogen-bond acceptors (Lipinski definition) is 2. The largest absolute Gasteiger partial charge is 0.507 e. The van der Waals surface area contributed by atoms with Gasteiger partial charge in [-0.3, -0.25) is 4.79 Å². The number of phenolic OH excluding ortho intramolecular Hbond substituents is 1. The highest BCUT2D eigenvalue weighted by Gasteiger charge is 2.21. The number of allylic oxidation sites excluding steroid dienone is 1. The summed E-state index contributed by atoms with van der Waals surface area (Å²) in [5.41, 5.74) is 3.55. The third-order valence-electron chi connectivity index (χ3n) is 3.94. The Bertz CT molecular complexity index is 906. The first-order valence-corrected chi connectivity index (χ1v) is 6.82. The summed E-state index contributed by atoms with van der Waals surface area (Å²) in [6, 6.07) is 17.2. The van der Waals surface area contributed by atoms with Crippen LogP contribution in [0.5, 0.6) is 5.75 Å². The van der Waals surface area contributed by atoms with Gasteiger partial charge in [-0.15, -0.1) is 0 Å². The monoisotopic (exact) mass is 272 g/mol. The Balaban J connectivity index is 2.16. The molecule has 1 aliphatic rings. The Morgan fingerprint density at radius 3 is 2.43 bits per heavy atom. The second kappa shape index (κ2) is 4.32. The SMILES string of the molecule is O=C1C=Cc2ccc(O)c3ccc(-c4ccccc4)c1c23. The zero-order valence-electron chi connectivity index (χ0n) is 11.2. The molecule has 0 amide bonds. The average Bonchev–Trinajstić information content (AvgIpc) is 2.53. The van der Waals surface area contributed by atoms with Crippen LogP contribution in [-0.2, 0) is 0 Å². The highest BCUT2D eigenvalue weighted by molar-refractivity contribution is 6.24. The number of ketones is 1. The molecular weight excluding hydrogens is 260 g/mol. The maximum absolute atomic E-state index is 12.4. The van der Waals surface area contributed by atoms with Crippen LogP contribution in [0.3, 0.4) is 0 Å². The van der Waals surface area contributed by atoms with Gasteiger partial charge >= 0.3 is 0 Å². The predicted octanol–water partition coefficient (Wildman–Crippen LogP) is 4.42. The first-order valence-electron chi connectivity index (χ1n) is 6.82. The van der Waals surface area contributed by atoms with Gasteiger partial charge in [0, 0.05) is 16.3 Å². The van der Waals surface area contributed by atoms with Crippen molar-refractivity contribution in [3.05, 3.63) is 71.8 Å². The second-order valence-electron chi connectivity index (χ2n) is 5.15. The smallest absolute Gasteiger partial charge is 0.187 e. The lowest BCUT2D eigenvalue weighted by atomic mass is 9.86. The quantitative estimate of drug-likeness (QED) is 0.712. The molecule has 0 aromatic heterocycles. The summed E-state index contributed by atoms with van der Waals surface area (Å²) in [5.74, 6) is 0.190. The summed E-state index contributed by atoms with van der Waals surface area (Å²) in [6.45, 7) is 0. The van der Waals surface area contributed by atoms with Crippen LogP contribution in [0, 0.1) is 0 Å². The van der Waals surface area contributed by atoms with Crippen molar-refractivity contribution in [2.75, 3.05) is 0 Å². The molecule has 2 heteroatoms. The molecule has 0 heterocycles. The minimum atomic E-state index is -0.0162. The van der Waals surface area contributed by atoms with E-state index in [0.29, 0.717) is 5.56 Å². The molecule has 21 heavy (non-hydrogen) atoms. The summed E-state index contributed by atoms with van der Waals surface area (Å²) in [4.78, 5) is 12.4. The molecular formula is C19H12O2. The average molecular weight is 272 g/mol. The number of rotatable bonds is 1. The lowest BCUT2D eigenvalue weighted by Gasteiger charge is -2.17. The molecule has 0 unspecified atom stereocenters. The van der Waals surface area contributed by atoms with Gasteiger partial charge in [0.1, 0.15) is 5.75 Å². The zero-order chi connectivity index (χ0) is 14.4. The van der Waals surface area contributed by atoms with Gasteiger partial charge in [-0.2, -0.15) is 0 Å². The van der Waals surface area contributed by atoms with Crippen molar-refractivity contribution in [1.82, 2.24) is 0 Å². The Labute approximate surface area is 122 Å². The van der Waals surface area contributed by atoms with Gasteiger partial charge in [-0.05, 0) is 34.9 Å². The first-order chi connectivity index (χ1) is 10.3. The van der Waals surface area contributed by atoms with Crippen molar-refractivity contribution in [3.63, 3.8) is 0 Å². The van der Waals surface area contributed by atoms with Crippen LogP contribution >= 0.6 is 0 Å². The number of hydrogen-bond donors (Lipinski definition) is 1. The minimum absolute atomic E-state index is 0.0162. The molecule has 0 saturated carbocycles. The summed E-state index contributed by atoms with van der Waals surface area (Å²) in [5, 5.41) is 11.6. The van der Waals surface area contributed by atoms with Crippen molar-refractivity contribution in [2.45, 2.75) is 0 Å². The summed E-state index contributed by atoms with van der Waals surface area (Å²) >= 11 is 0. The Morgan fingerprint density at radius 1 is 0.810 bits per heavy atom. The second-order valence-corrected chi connectivity index (χ2v) is 5.15. The van der Waals surface area contributed by atoms with Crippen LogP contribution in [0.15, 0.2) is 60.7 Å². The van der Waals surface area contributed by atoms with E-state index >= 15 is 0 Å². The molecule has 0 fully saturated rings. The molecule has 1 aliphatic carbocycles. The molecule has 2 nitrogen and oxygen atoms in total. The normalized spacial score (nSPS) is 12.9. The number of benzene rings is 3. The number of phenols is 1. The van der Waals surface area contributed by atoms with Crippen LogP contribution in [0.1, 0.15) is 15.9 Å². The lowest BCUT2D eigenvalue weighted by Crippen LogP contribution is -2.04. The fourth-order valence-corrected chi connectivity index (χ4v) is 2.96. The standard InChI is InChI=1S/C19H12O2/c20-16-10-6-13-7-11-17(21)19-14(8-9-15(16)18(13)19)12-4-2-1-3-5-12/h1-11,20H. The Hall–Kier alpha value is -2.87. The first kappa shape index (κ1) is 11.9. The van der Waals surface area contributed by atoms with Gasteiger partial charge in [-0.25, -0.2) is 0 Å². The van der Waals surface area contributed by atoms with Crippen molar-refractivity contribution in [1.29, 1.82) is 0 Å². The zero-order valence-corrected chi connectivity index (χ0v) is 11.2. The Kier molecular flexibility index (Phi) is 2.45. The van der Waals surface area contributed by atoms with Gasteiger partial charge < -0.3 is 5.11 Å². The van der Waals surface area contributed by atoms with E-state index in [2.05, 4.69) is 0 Å². The van der Waals surface area contributed by atoms with Crippen LogP contribution in [0.2, 0.25) is 0 Å². The summed E-state index contributed by atoms with van der Waals surface area (Å²) in [6.07, 6.45) is 3.41. The molecule has 100 valence electrons. The molecule has 0 saturated heterocycles. The highest BCUT2D eigenvalue weighted by atomic mass is 16.3. The van der Waals surface area contributed by atoms with Crippen molar-refractivity contribution < 1.29 is 9.90 Å². The van der Waals surface area contributed by atoms with Crippen LogP contribution in [0.4, 0.5) is 0 Å². The van der Waals surface area contributed by atoms with Gasteiger partial charge in [0.05, 0.1) is 0 Å². The van der Waals surface area contributed by atoms with E-state index in [1.165, 1.54) is 0 Å². The third-order valence-corrected chi connectivity index (χ3v) is 3.94. The molecule has 0 bridgehead atoms. The molecule has 4 rings (SSSR count). The molecule has 1 N–H and O–H groups in total. The molecule has 0 atom stereocenters. The van der Waals surface area contributed by atoms with Gasteiger partial charge in [0.15, 0.2) is 5.78 Å². The summed E-state index contributed by atoms with van der Waals surface area (Å²) in [7, 11) is 0. The van der Waals surface area contributed by atoms with Crippen molar-refractivity contribution in [3.8, 4) is 16.9 Å². The molecule has 0 spiro atoms.